The van der Waals surface area contributed by atoms with Gasteiger partial charge in [0.05, 0.1) is 0 Å². The first kappa shape index (κ1) is 70.4. The van der Waals surface area contributed by atoms with Gasteiger partial charge in [0.1, 0.15) is 0 Å². The molecule has 0 amide bonds. The second kappa shape index (κ2) is 29.7. The van der Waals surface area contributed by atoms with E-state index in [0.29, 0.717) is 0 Å². The van der Waals surface area contributed by atoms with Crippen molar-refractivity contribution in [1.82, 2.24) is 0 Å². The molecule has 0 fully saturated rings. The van der Waals surface area contributed by atoms with Gasteiger partial charge in [-0.2, -0.15) is 0 Å². The molecule has 0 bridgehead atoms. The normalized spacial score (nSPS) is 8.59. The van der Waals surface area contributed by atoms with E-state index in [1.54, 1.807) is 0 Å². The molecule has 0 radical (unpaired) electrons. The Hall–Kier alpha value is 1.46. The molecule has 0 aromatic carbocycles. The Bertz CT molecular complexity index is 482. The molecule has 20 nitrogen and oxygen atoms in total. The Balaban J connectivity index is -0.0000000129. The molecule has 160 valence electrons. The summed E-state index contributed by atoms with van der Waals surface area (Å²) in [6.07, 6.45) is 0. The van der Waals surface area contributed by atoms with Gasteiger partial charge in [-0.1, -0.05) is 0 Å². The molecule has 0 heterocycles. The maximum absolute atomic E-state index is 8.52. The SMILES string of the molecule is O=S(=O)([O-])[O-].O=S(=O)([O-])[O-].O=S(=O)([O-])[O-].O=S(=O)([O-])[O-].[OH-].[OH-].[OH-].[OH-].[Ti+4].[Ti+4].[Ti+4]. The van der Waals surface area contributed by atoms with Crippen molar-refractivity contribution in [3.05, 3.63) is 0 Å². The minimum Gasteiger partial charge on any atom is -0.870 e. The summed E-state index contributed by atoms with van der Waals surface area (Å²) in [5.74, 6) is 0. The van der Waals surface area contributed by atoms with Gasteiger partial charge in [0.15, 0.2) is 0 Å². The molecule has 0 aromatic heterocycles. The summed E-state index contributed by atoms with van der Waals surface area (Å²) in [5, 5.41) is 0. The van der Waals surface area contributed by atoms with Gasteiger partial charge >= 0.3 is 65.2 Å². The Labute approximate surface area is 197 Å². The smallest absolute Gasteiger partial charge is 0.870 e. The summed E-state index contributed by atoms with van der Waals surface area (Å²) in [6, 6.07) is 0. The van der Waals surface area contributed by atoms with Crippen molar-refractivity contribution in [2.75, 3.05) is 0 Å². The average molecular weight is 596 g/mol. The fourth-order valence-electron chi connectivity index (χ4n) is 0. The molecule has 0 aliphatic carbocycles. The molecule has 0 saturated heterocycles. The van der Waals surface area contributed by atoms with E-state index in [0.717, 1.165) is 0 Å². The van der Waals surface area contributed by atoms with Crippen molar-refractivity contribution in [2.45, 2.75) is 0 Å². The molecule has 0 saturated carbocycles. The zero-order chi connectivity index (χ0) is 18.0. The average Bonchev–Trinajstić information content (AvgIpc) is 1.62. The van der Waals surface area contributed by atoms with Crippen LogP contribution >= 0.6 is 0 Å². The van der Waals surface area contributed by atoms with E-state index in [-0.39, 0.29) is 87.1 Å². The number of hydrogen-bond acceptors (Lipinski definition) is 20. The molecular formula is H4O20S4Ti3. The van der Waals surface area contributed by atoms with Crippen LogP contribution in [0.4, 0.5) is 0 Å². The quantitative estimate of drug-likeness (QED) is 0.143. The van der Waals surface area contributed by atoms with Gasteiger partial charge in [-0.25, -0.2) is 0 Å². The topological polar surface area (TPSA) is 441 Å². The van der Waals surface area contributed by atoms with E-state index in [9.17, 15) is 0 Å². The summed E-state index contributed by atoms with van der Waals surface area (Å²) < 4.78 is 136. The maximum Gasteiger partial charge on any atom is 4.00 e. The Kier molecular flexibility index (Phi) is 77.3. The van der Waals surface area contributed by atoms with Gasteiger partial charge < -0.3 is 58.3 Å². The first-order valence-corrected chi connectivity index (χ1v) is 8.00. The first-order chi connectivity index (χ1) is 8.00. The third-order valence-corrected chi connectivity index (χ3v) is 0. The summed E-state index contributed by atoms with van der Waals surface area (Å²) in [4.78, 5) is 0. The van der Waals surface area contributed by atoms with E-state index in [2.05, 4.69) is 0 Å². The maximum atomic E-state index is 8.52. The van der Waals surface area contributed by atoms with Crippen LogP contribution in [-0.4, -0.2) is 92.0 Å². The predicted octanol–water partition coefficient (Wildman–Crippen LogP) is -6.07. The molecule has 0 atom stereocenters. The van der Waals surface area contributed by atoms with Crippen molar-refractivity contribution < 1.29 is 157 Å². The molecule has 0 spiro atoms. The van der Waals surface area contributed by atoms with Gasteiger partial charge in [-0.05, 0) is 0 Å². The molecule has 0 aliphatic rings. The Morgan fingerprint density at radius 3 is 0.296 bits per heavy atom. The van der Waals surface area contributed by atoms with E-state index < -0.39 is 41.6 Å². The van der Waals surface area contributed by atoms with Gasteiger partial charge in [0.2, 0.25) is 0 Å². The van der Waals surface area contributed by atoms with Gasteiger partial charge in [-0.15, -0.1) is 0 Å². The minimum absolute atomic E-state index is 0. The minimum atomic E-state index is -5.17. The van der Waals surface area contributed by atoms with Crippen LogP contribution in [0.1, 0.15) is 0 Å². The number of rotatable bonds is 0. The molecule has 0 aliphatic heterocycles. The monoisotopic (exact) mass is 596 g/mol. The molecule has 0 unspecified atom stereocenters. The van der Waals surface area contributed by atoms with Crippen LogP contribution in [0.25, 0.3) is 0 Å². The van der Waals surface area contributed by atoms with Crippen molar-refractivity contribution >= 4 is 41.6 Å². The molecular weight excluding hydrogens is 592 g/mol. The molecule has 4 N–H and O–H groups in total. The predicted molar refractivity (Wildman–Crippen MR) is 49.6 cm³/mol. The van der Waals surface area contributed by atoms with Crippen molar-refractivity contribution in [3.8, 4) is 0 Å². The van der Waals surface area contributed by atoms with Crippen molar-refractivity contribution in [1.29, 1.82) is 0 Å². The summed E-state index contributed by atoms with van der Waals surface area (Å²) in [5.41, 5.74) is 0. The van der Waals surface area contributed by atoms with Crippen LogP contribution in [0.15, 0.2) is 0 Å². The molecule has 27 heteroatoms. The van der Waals surface area contributed by atoms with E-state index in [4.69, 9.17) is 70.1 Å². The van der Waals surface area contributed by atoms with Crippen LogP contribution in [0.2, 0.25) is 0 Å². The molecule has 27 heavy (non-hydrogen) atoms. The van der Waals surface area contributed by atoms with Gasteiger partial charge in [-0.3, -0.25) is 33.7 Å². The van der Waals surface area contributed by atoms with Gasteiger partial charge in [0, 0.05) is 41.6 Å². The van der Waals surface area contributed by atoms with Crippen LogP contribution in [0.5, 0.6) is 0 Å². The summed E-state index contributed by atoms with van der Waals surface area (Å²) in [6.45, 7) is 0. The first-order valence-electron chi connectivity index (χ1n) is 2.67. The Morgan fingerprint density at radius 2 is 0.296 bits per heavy atom. The van der Waals surface area contributed by atoms with E-state index >= 15 is 0 Å². The second-order valence-electron chi connectivity index (χ2n) is 1.63. The van der Waals surface area contributed by atoms with Crippen LogP contribution in [0.3, 0.4) is 0 Å². The summed E-state index contributed by atoms with van der Waals surface area (Å²) in [7, 11) is -20.7. The second-order valence-corrected chi connectivity index (χ2v) is 4.90. The van der Waals surface area contributed by atoms with Gasteiger partial charge in [0.25, 0.3) is 0 Å². The Morgan fingerprint density at radius 1 is 0.296 bits per heavy atom. The molecule has 0 aromatic rings. The zero-order valence-corrected chi connectivity index (χ0v) is 19.4. The standard InChI is InChI=1S/4H2O4S.4H2O.3Ti/c4*1-5(2,3)4;;;;;;;/h4*(H2,1,2,3,4);4*1H2;;;/q;;;;;;;;3*+4/p-12. The fourth-order valence-corrected chi connectivity index (χ4v) is 0. The summed E-state index contributed by atoms with van der Waals surface area (Å²) >= 11 is 0. The van der Waals surface area contributed by atoms with Crippen LogP contribution < -0.4 is 0 Å². The van der Waals surface area contributed by atoms with Crippen molar-refractivity contribution in [2.24, 2.45) is 0 Å². The van der Waals surface area contributed by atoms with Crippen LogP contribution in [-0.2, 0) is 107 Å². The molecule has 0 rings (SSSR count). The largest absolute Gasteiger partial charge is 4.00 e. The van der Waals surface area contributed by atoms with Crippen LogP contribution in [0, 0.1) is 0 Å². The van der Waals surface area contributed by atoms with Crippen molar-refractivity contribution in [3.63, 3.8) is 0 Å². The third kappa shape index (κ3) is 8320. The third-order valence-electron chi connectivity index (χ3n) is 0. The number of hydrogen-bond donors (Lipinski definition) is 0. The fraction of sp³-hybridized carbons (Fsp3) is 0. The van der Waals surface area contributed by atoms with E-state index in [1.807, 2.05) is 0 Å². The van der Waals surface area contributed by atoms with E-state index in [1.165, 1.54) is 0 Å². The zero-order valence-electron chi connectivity index (χ0n) is 11.5.